The lowest BCUT2D eigenvalue weighted by molar-refractivity contribution is 0.691. The lowest BCUT2D eigenvalue weighted by Crippen LogP contribution is -2.13. The van der Waals surface area contributed by atoms with Gasteiger partial charge in [-0.3, -0.25) is 0 Å². The Morgan fingerprint density at radius 3 is 2.50 bits per heavy atom. The first-order valence-corrected chi connectivity index (χ1v) is 7.03. The SMILES string of the molecule is Cc1ccc(CNCc2ccccc2Cl)c(Br)c1. The van der Waals surface area contributed by atoms with Gasteiger partial charge in [-0.25, -0.2) is 0 Å². The van der Waals surface area contributed by atoms with Crippen LogP contribution in [0.1, 0.15) is 16.7 Å². The summed E-state index contributed by atoms with van der Waals surface area (Å²) in [5, 5.41) is 4.22. The topological polar surface area (TPSA) is 12.0 Å². The molecular weight excluding hydrogens is 310 g/mol. The van der Waals surface area contributed by atoms with Gasteiger partial charge in [0.25, 0.3) is 0 Å². The van der Waals surface area contributed by atoms with E-state index in [1.54, 1.807) is 0 Å². The number of aryl methyl sites for hydroxylation is 1. The highest BCUT2D eigenvalue weighted by Crippen LogP contribution is 2.19. The predicted octanol–water partition coefficient (Wildman–Crippen LogP) is 4.70. The number of halogens is 2. The van der Waals surface area contributed by atoms with Crippen molar-refractivity contribution in [3.05, 3.63) is 68.7 Å². The van der Waals surface area contributed by atoms with Crippen molar-refractivity contribution in [3.8, 4) is 0 Å². The first-order valence-electron chi connectivity index (χ1n) is 5.86. The Bertz CT molecular complexity index is 540. The van der Waals surface area contributed by atoms with Crippen LogP contribution in [0, 0.1) is 6.92 Å². The van der Waals surface area contributed by atoms with Crippen molar-refractivity contribution in [2.45, 2.75) is 20.0 Å². The predicted molar refractivity (Wildman–Crippen MR) is 80.9 cm³/mol. The molecule has 0 bridgehead atoms. The molecule has 2 rings (SSSR count). The van der Waals surface area contributed by atoms with Gasteiger partial charge in [0.15, 0.2) is 0 Å². The van der Waals surface area contributed by atoms with Crippen LogP contribution in [-0.2, 0) is 13.1 Å². The third-order valence-electron chi connectivity index (χ3n) is 2.80. The van der Waals surface area contributed by atoms with Gasteiger partial charge in [-0.1, -0.05) is 57.9 Å². The molecule has 0 spiro atoms. The Morgan fingerprint density at radius 1 is 1.06 bits per heavy atom. The summed E-state index contributed by atoms with van der Waals surface area (Å²) in [4.78, 5) is 0. The molecule has 0 aromatic heterocycles. The molecule has 18 heavy (non-hydrogen) atoms. The van der Waals surface area contributed by atoms with Gasteiger partial charge in [0, 0.05) is 22.6 Å². The molecular formula is C15H15BrClN. The van der Waals surface area contributed by atoms with Crippen LogP contribution in [0.2, 0.25) is 5.02 Å². The average molecular weight is 325 g/mol. The minimum Gasteiger partial charge on any atom is -0.309 e. The molecule has 0 aliphatic heterocycles. The Hall–Kier alpha value is -0.830. The van der Waals surface area contributed by atoms with Crippen LogP contribution in [0.4, 0.5) is 0 Å². The second-order valence-electron chi connectivity index (χ2n) is 4.29. The van der Waals surface area contributed by atoms with Gasteiger partial charge in [-0.05, 0) is 35.7 Å². The second-order valence-corrected chi connectivity index (χ2v) is 5.55. The highest BCUT2D eigenvalue weighted by molar-refractivity contribution is 9.10. The number of rotatable bonds is 4. The molecule has 2 aromatic rings. The number of nitrogens with one attached hydrogen (secondary N) is 1. The fourth-order valence-corrected chi connectivity index (χ4v) is 2.61. The van der Waals surface area contributed by atoms with Gasteiger partial charge < -0.3 is 5.32 Å². The third-order valence-corrected chi connectivity index (χ3v) is 3.90. The minimum absolute atomic E-state index is 0.778. The third kappa shape index (κ3) is 3.58. The molecule has 3 heteroatoms. The zero-order valence-electron chi connectivity index (χ0n) is 10.2. The van der Waals surface area contributed by atoms with Crippen molar-refractivity contribution in [2.75, 3.05) is 0 Å². The fourth-order valence-electron chi connectivity index (χ4n) is 1.77. The number of hydrogen-bond acceptors (Lipinski definition) is 1. The molecule has 0 unspecified atom stereocenters. The maximum atomic E-state index is 6.11. The van der Waals surface area contributed by atoms with Crippen LogP contribution in [0.15, 0.2) is 46.9 Å². The van der Waals surface area contributed by atoms with Gasteiger partial charge in [0.1, 0.15) is 0 Å². The molecule has 0 fully saturated rings. The Kier molecular flexibility index (Phi) is 4.81. The minimum atomic E-state index is 0.778. The zero-order chi connectivity index (χ0) is 13.0. The first kappa shape index (κ1) is 13.6. The van der Waals surface area contributed by atoms with E-state index in [0.29, 0.717) is 0 Å². The Morgan fingerprint density at radius 2 is 1.78 bits per heavy atom. The van der Waals surface area contributed by atoms with Crippen molar-refractivity contribution in [3.63, 3.8) is 0 Å². The highest BCUT2D eigenvalue weighted by atomic mass is 79.9. The van der Waals surface area contributed by atoms with E-state index in [1.807, 2.05) is 24.3 Å². The van der Waals surface area contributed by atoms with Crippen molar-refractivity contribution < 1.29 is 0 Å². The lowest BCUT2D eigenvalue weighted by atomic mass is 10.1. The molecule has 0 radical (unpaired) electrons. The standard InChI is InChI=1S/C15H15BrClN/c1-11-6-7-12(14(16)8-11)9-18-10-13-4-2-3-5-15(13)17/h2-8,18H,9-10H2,1H3. The van der Waals surface area contributed by atoms with E-state index in [1.165, 1.54) is 11.1 Å². The summed E-state index contributed by atoms with van der Waals surface area (Å²) in [5.74, 6) is 0. The van der Waals surface area contributed by atoms with E-state index in [4.69, 9.17) is 11.6 Å². The molecule has 0 heterocycles. The molecule has 0 saturated carbocycles. The zero-order valence-corrected chi connectivity index (χ0v) is 12.6. The highest BCUT2D eigenvalue weighted by Gasteiger charge is 2.01. The van der Waals surface area contributed by atoms with Gasteiger partial charge >= 0.3 is 0 Å². The summed E-state index contributed by atoms with van der Waals surface area (Å²) in [7, 11) is 0. The van der Waals surface area contributed by atoms with Crippen molar-refractivity contribution in [1.29, 1.82) is 0 Å². The normalized spacial score (nSPS) is 10.6. The molecule has 1 nitrogen and oxygen atoms in total. The number of benzene rings is 2. The number of hydrogen-bond donors (Lipinski definition) is 1. The lowest BCUT2D eigenvalue weighted by Gasteiger charge is -2.08. The summed E-state index contributed by atoms with van der Waals surface area (Å²) < 4.78 is 1.15. The second kappa shape index (κ2) is 6.37. The van der Waals surface area contributed by atoms with Crippen molar-refractivity contribution in [1.82, 2.24) is 5.32 Å². The van der Waals surface area contributed by atoms with Gasteiger partial charge in [-0.15, -0.1) is 0 Å². The molecule has 0 saturated heterocycles. The summed E-state index contributed by atoms with van der Waals surface area (Å²) in [6.45, 7) is 3.69. The monoisotopic (exact) mass is 323 g/mol. The first-order chi connectivity index (χ1) is 8.66. The Balaban J connectivity index is 1.95. The van der Waals surface area contributed by atoms with E-state index in [2.05, 4.69) is 46.4 Å². The van der Waals surface area contributed by atoms with Crippen molar-refractivity contribution >= 4 is 27.5 Å². The Labute approximate surface area is 121 Å². The molecule has 94 valence electrons. The molecule has 0 aliphatic carbocycles. The van der Waals surface area contributed by atoms with Crippen LogP contribution in [0.5, 0.6) is 0 Å². The van der Waals surface area contributed by atoms with Crippen LogP contribution in [0.3, 0.4) is 0 Å². The quantitative estimate of drug-likeness (QED) is 0.859. The molecule has 0 aliphatic rings. The van der Waals surface area contributed by atoms with Gasteiger partial charge in [0.2, 0.25) is 0 Å². The molecule has 0 amide bonds. The summed E-state index contributed by atoms with van der Waals surface area (Å²) in [6, 6.07) is 14.3. The fraction of sp³-hybridized carbons (Fsp3) is 0.200. The molecule has 1 N–H and O–H groups in total. The maximum Gasteiger partial charge on any atom is 0.0450 e. The summed E-state index contributed by atoms with van der Waals surface area (Å²) in [5.41, 5.74) is 3.65. The van der Waals surface area contributed by atoms with Crippen LogP contribution < -0.4 is 5.32 Å². The van der Waals surface area contributed by atoms with Crippen LogP contribution in [0.25, 0.3) is 0 Å². The van der Waals surface area contributed by atoms with Crippen LogP contribution in [-0.4, -0.2) is 0 Å². The van der Waals surface area contributed by atoms with Gasteiger partial charge in [-0.2, -0.15) is 0 Å². The summed E-state index contributed by atoms with van der Waals surface area (Å²) in [6.07, 6.45) is 0. The van der Waals surface area contributed by atoms with E-state index >= 15 is 0 Å². The summed E-state index contributed by atoms with van der Waals surface area (Å²) >= 11 is 9.69. The van der Waals surface area contributed by atoms with E-state index in [9.17, 15) is 0 Å². The smallest absolute Gasteiger partial charge is 0.0450 e. The van der Waals surface area contributed by atoms with E-state index in [-0.39, 0.29) is 0 Å². The maximum absolute atomic E-state index is 6.11. The van der Waals surface area contributed by atoms with Crippen LogP contribution >= 0.6 is 27.5 Å². The molecule has 2 aromatic carbocycles. The molecule has 0 atom stereocenters. The van der Waals surface area contributed by atoms with Gasteiger partial charge in [0.05, 0.1) is 0 Å². The largest absolute Gasteiger partial charge is 0.309 e. The average Bonchev–Trinajstić information content (AvgIpc) is 2.34. The van der Waals surface area contributed by atoms with Crippen molar-refractivity contribution in [2.24, 2.45) is 0 Å². The van der Waals surface area contributed by atoms with E-state index in [0.717, 1.165) is 28.1 Å². The van der Waals surface area contributed by atoms with E-state index < -0.39 is 0 Å².